The number of nitrogens with two attached hydrogens (primary N) is 1. The van der Waals surface area contributed by atoms with E-state index in [2.05, 4.69) is 26.6 Å². The lowest BCUT2D eigenvalue weighted by molar-refractivity contribution is -0.125. The minimum Gasteiger partial charge on any atom is -0.497 e. The molecule has 0 unspecified atom stereocenters. The van der Waals surface area contributed by atoms with E-state index in [9.17, 15) is 24.6 Å². The molecule has 0 radical (unpaired) electrons. The molecule has 0 saturated heterocycles. The fraction of sp³-hybridized carbons (Fsp3) is 0.320. The highest BCUT2D eigenvalue weighted by molar-refractivity contribution is 9.10. The van der Waals surface area contributed by atoms with Gasteiger partial charge in [0.05, 0.1) is 31.9 Å². The predicted octanol–water partition coefficient (Wildman–Crippen LogP) is 0.829. The second-order valence-electron chi connectivity index (χ2n) is 8.28. The Labute approximate surface area is 216 Å². The van der Waals surface area contributed by atoms with Crippen molar-refractivity contribution in [1.82, 2.24) is 10.6 Å². The van der Waals surface area contributed by atoms with Crippen LogP contribution in [0.2, 0.25) is 0 Å². The van der Waals surface area contributed by atoms with Gasteiger partial charge in [-0.2, -0.15) is 0 Å². The van der Waals surface area contributed by atoms with Gasteiger partial charge in [-0.3, -0.25) is 14.4 Å². The Morgan fingerprint density at radius 1 is 1.06 bits per heavy atom. The number of amides is 3. The minimum absolute atomic E-state index is 0.101. The van der Waals surface area contributed by atoms with Crippen molar-refractivity contribution in [1.29, 1.82) is 0 Å². The third-order valence-corrected chi connectivity index (χ3v) is 6.52. The first-order valence-electron chi connectivity index (χ1n) is 11.1. The number of nitrogens with one attached hydrogen (secondary N) is 2. The largest absolute Gasteiger partial charge is 0.497 e. The van der Waals surface area contributed by atoms with Crippen molar-refractivity contribution in [2.75, 3.05) is 14.2 Å². The maximum Gasteiger partial charge on any atom is 0.253 e. The molecule has 0 spiro atoms. The summed E-state index contributed by atoms with van der Waals surface area (Å²) in [5.74, 6) is -0.821. The van der Waals surface area contributed by atoms with Crippen LogP contribution in [0.1, 0.15) is 22.3 Å². The lowest BCUT2D eigenvalue weighted by atomic mass is 9.89. The van der Waals surface area contributed by atoms with Crippen LogP contribution in [0.3, 0.4) is 0 Å². The van der Waals surface area contributed by atoms with Gasteiger partial charge in [0.15, 0.2) is 0 Å². The Hall–Kier alpha value is -3.41. The molecule has 0 aliphatic heterocycles. The summed E-state index contributed by atoms with van der Waals surface area (Å²) >= 11 is 3.30. The summed E-state index contributed by atoms with van der Waals surface area (Å²) in [6.07, 6.45) is -1.32. The van der Waals surface area contributed by atoms with Crippen LogP contribution in [0.15, 0.2) is 58.6 Å². The quantitative estimate of drug-likeness (QED) is 0.303. The molecule has 3 rings (SSSR count). The van der Waals surface area contributed by atoms with Gasteiger partial charge in [0.2, 0.25) is 11.8 Å². The summed E-state index contributed by atoms with van der Waals surface area (Å²) in [5, 5.41) is 26.0. The Morgan fingerprint density at radius 3 is 2.31 bits per heavy atom. The molecule has 0 bridgehead atoms. The van der Waals surface area contributed by atoms with Crippen LogP contribution >= 0.6 is 15.9 Å². The zero-order chi connectivity index (χ0) is 26.4. The first-order chi connectivity index (χ1) is 17.1. The number of ether oxygens (including phenoxy) is 2. The van der Waals surface area contributed by atoms with Crippen LogP contribution in [0.25, 0.3) is 0 Å². The Morgan fingerprint density at radius 2 is 1.69 bits per heavy atom. The molecule has 36 heavy (non-hydrogen) atoms. The van der Waals surface area contributed by atoms with Gasteiger partial charge in [-0.25, -0.2) is 0 Å². The molecule has 10 nitrogen and oxygen atoms in total. The minimum atomic E-state index is -1.35. The smallest absolute Gasteiger partial charge is 0.253 e. The lowest BCUT2D eigenvalue weighted by Gasteiger charge is -2.31. The number of halogens is 1. The van der Waals surface area contributed by atoms with Gasteiger partial charge in [0.25, 0.3) is 5.91 Å². The average Bonchev–Trinajstić information content (AvgIpc) is 2.86. The maximum atomic E-state index is 13.0. The molecule has 2 aromatic carbocycles. The summed E-state index contributed by atoms with van der Waals surface area (Å²) in [6.45, 7) is 0. The SMILES string of the molecule is COc1ccc(C[C@H](NC(=O)C2=C[C@@H](NC(=O)c3cc(OC)ccc3Br)[C@@H](O)[C@H](O)C2)C(N)=O)cc1. The summed E-state index contributed by atoms with van der Waals surface area (Å²) in [4.78, 5) is 37.8. The van der Waals surface area contributed by atoms with Gasteiger partial charge < -0.3 is 36.1 Å². The molecular weight excluding hydrogens is 534 g/mol. The van der Waals surface area contributed by atoms with Crippen LogP contribution < -0.4 is 25.8 Å². The number of benzene rings is 2. The highest BCUT2D eigenvalue weighted by atomic mass is 79.9. The highest BCUT2D eigenvalue weighted by Gasteiger charge is 2.35. The van der Waals surface area contributed by atoms with Crippen LogP contribution in [0.4, 0.5) is 0 Å². The van der Waals surface area contributed by atoms with Crippen LogP contribution in [0, 0.1) is 0 Å². The number of carbonyl (C=O) groups is 3. The zero-order valence-corrected chi connectivity index (χ0v) is 21.3. The summed E-state index contributed by atoms with van der Waals surface area (Å²) < 4.78 is 10.8. The number of aliphatic hydroxyl groups is 2. The third kappa shape index (κ3) is 6.62. The van der Waals surface area contributed by atoms with Gasteiger partial charge in [-0.05, 0) is 51.8 Å². The fourth-order valence-electron chi connectivity index (χ4n) is 3.77. The number of rotatable bonds is 9. The molecule has 0 fully saturated rings. The molecule has 3 amide bonds. The van der Waals surface area contributed by atoms with Crippen LogP contribution in [-0.4, -0.2) is 66.4 Å². The molecule has 1 aliphatic rings. The van der Waals surface area contributed by atoms with Crippen molar-refractivity contribution in [3.63, 3.8) is 0 Å². The van der Waals surface area contributed by atoms with Crippen molar-refractivity contribution in [2.24, 2.45) is 5.73 Å². The molecule has 2 aromatic rings. The number of methoxy groups -OCH3 is 2. The van der Waals surface area contributed by atoms with Crippen molar-refractivity contribution in [3.8, 4) is 11.5 Å². The van der Waals surface area contributed by atoms with E-state index < -0.39 is 42.0 Å². The lowest BCUT2D eigenvalue weighted by Crippen LogP contribution is -2.52. The number of carbonyl (C=O) groups excluding carboxylic acids is 3. The number of primary amides is 1. The zero-order valence-electron chi connectivity index (χ0n) is 19.7. The van der Waals surface area contributed by atoms with Crippen LogP contribution in [0.5, 0.6) is 11.5 Å². The normalized spacial score (nSPS) is 20.0. The van der Waals surface area contributed by atoms with E-state index in [0.717, 1.165) is 5.56 Å². The van der Waals surface area contributed by atoms with Crippen LogP contribution in [-0.2, 0) is 16.0 Å². The summed E-state index contributed by atoms with van der Waals surface area (Å²) in [6, 6.07) is 9.70. The Kier molecular flexibility index (Phi) is 9.08. The predicted molar refractivity (Wildman–Crippen MR) is 134 cm³/mol. The topological polar surface area (TPSA) is 160 Å². The van der Waals surface area contributed by atoms with Crippen molar-refractivity contribution in [3.05, 3.63) is 69.7 Å². The standard InChI is InChI=1S/C25H28BrN3O7/c1-35-15-5-3-13(4-6-15)9-20(23(27)32)29-24(33)14-10-19(22(31)21(30)11-14)28-25(34)17-12-16(36-2)7-8-18(17)26/h3-8,10,12,19-22,30-31H,9,11H2,1-2H3,(H2,27,32)(H,28,34)(H,29,33)/t19-,20+,21-,22-/m1/s1. The molecule has 192 valence electrons. The Balaban J connectivity index is 1.75. The van der Waals surface area contributed by atoms with Gasteiger partial charge in [-0.15, -0.1) is 0 Å². The summed E-state index contributed by atoms with van der Waals surface area (Å²) in [5.41, 5.74) is 6.60. The number of aliphatic hydroxyl groups excluding tert-OH is 2. The molecular formula is C25H28BrN3O7. The first-order valence-corrected chi connectivity index (χ1v) is 11.9. The summed E-state index contributed by atoms with van der Waals surface area (Å²) in [7, 11) is 3.00. The second-order valence-corrected chi connectivity index (χ2v) is 9.13. The second kappa shape index (κ2) is 12.0. The van der Waals surface area contributed by atoms with Crippen molar-refractivity contribution in [2.45, 2.75) is 37.1 Å². The van der Waals surface area contributed by atoms with E-state index in [1.54, 1.807) is 36.4 Å². The van der Waals surface area contributed by atoms with Crippen molar-refractivity contribution >= 4 is 33.7 Å². The van der Waals surface area contributed by atoms with E-state index >= 15 is 0 Å². The van der Waals surface area contributed by atoms with E-state index in [-0.39, 0.29) is 24.0 Å². The van der Waals surface area contributed by atoms with Gasteiger partial charge in [0.1, 0.15) is 23.6 Å². The first kappa shape index (κ1) is 27.2. The molecule has 1 aliphatic carbocycles. The van der Waals surface area contributed by atoms with Gasteiger partial charge >= 0.3 is 0 Å². The molecule has 0 heterocycles. The Bertz CT molecular complexity index is 1150. The molecule has 4 atom stereocenters. The van der Waals surface area contributed by atoms with E-state index in [0.29, 0.717) is 16.0 Å². The molecule has 0 saturated carbocycles. The van der Waals surface area contributed by atoms with Crippen molar-refractivity contribution < 1.29 is 34.1 Å². The number of hydrogen-bond donors (Lipinski definition) is 5. The monoisotopic (exact) mass is 561 g/mol. The highest BCUT2D eigenvalue weighted by Crippen LogP contribution is 2.24. The van der Waals surface area contributed by atoms with Gasteiger partial charge in [-0.1, -0.05) is 18.2 Å². The maximum absolute atomic E-state index is 13.0. The third-order valence-electron chi connectivity index (χ3n) is 5.83. The fourth-order valence-corrected chi connectivity index (χ4v) is 4.20. The van der Waals surface area contributed by atoms with E-state index in [4.69, 9.17) is 15.2 Å². The molecule has 11 heteroatoms. The number of hydrogen-bond acceptors (Lipinski definition) is 7. The van der Waals surface area contributed by atoms with Gasteiger partial charge in [0, 0.05) is 22.9 Å². The molecule has 0 aromatic heterocycles. The molecule has 6 N–H and O–H groups in total. The van der Waals surface area contributed by atoms with E-state index in [1.807, 2.05) is 0 Å². The van der Waals surface area contributed by atoms with E-state index in [1.165, 1.54) is 26.4 Å². The average molecular weight is 562 g/mol.